The lowest BCUT2D eigenvalue weighted by Crippen LogP contribution is -2.43. The van der Waals surface area contributed by atoms with E-state index in [4.69, 9.17) is 4.74 Å². The Labute approximate surface area is 75.7 Å². The summed E-state index contributed by atoms with van der Waals surface area (Å²) in [6.45, 7) is 6.60. The van der Waals surface area contributed by atoms with E-state index in [1.165, 1.54) is 12.8 Å². The summed E-state index contributed by atoms with van der Waals surface area (Å²) in [4.78, 5) is 0. The summed E-state index contributed by atoms with van der Waals surface area (Å²) in [6, 6.07) is 0.771. The van der Waals surface area contributed by atoms with Crippen LogP contribution in [0, 0.1) is 11.8 Å². The van der Waals surface area contributed by atoms with E-state index in [0.717, 1.165) is 31.0 Å². The zero-order valence-electron chi connectivity index (χ0n) is 8.47. The highest BCUT2D eigenvalue weighted by molar-refractivity contribution is 4.84. The first-order valence-electron chi connectivity index (χ1n) is 4.94. The van der Waals surface area contributed by atoms with Crippen LogP contribution >= 0.6 is 0 Å². The molecule has 0 atom stereocenters. The van der Waals surface area contributed by atoms with Gasteiger partial charge >= 0.3 is 0 Å². The second-order valence-corrected chi connectivity index (χ2v) is 4.29. The predicted octanol–water partition coefficient (Wildman–Crippen LogP) is 1.66. The largest absolute Gasteiger partial charge is 0.384 e. The minimum absolute atomic E-state index is 0.770. The lowest BCUT2D eigenvalue weighted by Gasteiger charge is -2.36. The van der Waals surface area contributed by atoms with Crippen LogP contribution < -0.4 is 5.32 Å². The van der Waals surface area contributed by atoms with E-state index in [1.807, 2.05) is 0 Å². The molecule has 0 amide bonds. The Morgan fingerprint density at radius 1 is 1.42 bits per heavy atom. The summed E-state index contributed by atoms with van der Waals surface area (Å²) in [5.74, 6) is 1.59. The average molecular weight is 171 g/mol. The van der Waals surface area contributed by atoms with Crippen molar-refractivity contribution in [2.24, 2.45) is 11.8 Å². The number of methoxy groups -OCH3 is 1. The van der Waals surface area contributed by atoms with Gasteiger partial charge in [0.05, 0.1) is 0 Å². The molecule has 0 radical (unpaired) electrons. The quantitative estimate of drug-likeness (QED) is 0.679. The lowest BCUT2D eigenvalue weighted by molar-refractivity contribution is 0.0876. The fourth-order valence-electron chi connectivity index (χ4n) is 1.68. The second-order valence-electron chi connectivity index (χ2n) is 4.29. The van der Waals surface area contributed by atoms with Crippen LogP contribution in [0.3, 0.4) is 0 Å². The normalized spacial score (nSPS) is 29.0. The highest BCUT2D eigenvalue weighted by Crippen LogP contribution is 2.27. The fraction of sp³-hybridized carbons (Fsp3) is 1.00. The third-order valence-corrected chi connectivity index (χ3v) is 2.45. The van der Waals surface area contributed by atoms with Gasteiger partial charge in [0.2, 0.25) is 0 Å². The van der Waals surface area contributed by atoms with E-state index >= 15 is 0 Å². The van der Waals surface area contributed by atoms with Crippen molar-refractivity contribution < 1.29 is 4.74 Å². The van der Waals surface area contributed by atoms with Crippen molar-refractivity contribution in [2.45, 2.75) is 32.7 Å². The van der Waals surface area contributed by atoms with Gasteiger partial charge in [-0.1, -0.05) is 13.8 Å². The first-order chi connectivity index (χ1) is 5.72. The van der Waals surface area contributed by atoms with Crippen molar-refractivity contribution in [2.75, 3.05) is 20.3 Å². The van der Waals surface area contributed by atoms with Crippen LogP contribution in [0.5, 0.6) is 0 Å². The summed E-state index contributed by atoms with van der Waals surface area (Å²) in [6.07, 6.45) is 2.61. The Kier molecular flexibility index (Phi) is 4.02. The van der Waals surface area contributed by atoms with E-state index in [-0.39, 0.29) is 0 Å². The summed E-state index contributed by atoms with van der Waals surface area (Å²) < 4.78 is 5.09. The van der Waals surface area contributed by atoms with Gasteiger partial charge in [-0.3, -0.25) is 0 Å². The van der Waals surface area contributed by atoms with E-state index in [1.54, 1.807) is 7.11 Å². The van der Waals surface area contributed by atoms with Crippen LogP contribution in [-0.4, -0.2) is 26.3 Å². The molecule has 0 heterocycles. The molecule has 72 valence electrons. The maximum Gasteiger partial charge on any atom is 0.0491 e. The molecule has 2 nitrogen and oxygen atoms in total. The molecule has 1 aliphatic rings. The third kappa shape index (κ3) is 3.11. The average Bonchev–Trinajstić information content (AvgIpc) is 1.93. The van der Waals surface area contributed by atoms with Gasteiger partial charge in [-0.25, -0.2) is 0 Å². The van der Waals surface area contributed by atoms with Crippen molar-refractivity contribution in [1.29, 1.82) is 0 Å². The van der Waals surface area contributed by atoms with Crippen LogP contribution in [-0.2, 0) is 4.74 Å². The van der Waals surface area contributed by atoms with E-state index in [2.05, 4.69) is 19.2 Å². The molecule has 0 saturated heterocycles. The SMILES string of the molecule is COCC1CC(NCC(C)C)C1. The molecule has 0 bridgehead atoms. The Bertz CT molecular complexity index is 119. The molecular formula is C10H21NO. The maximum absolute atomic E-state index is 5.09. The molecule has 0 spiro atoms. The minimum atomic E-state index is 0.770. The summed E-state index contributed by atoms with van der Waals surface area (Å²) in [5, 5.41) is 3.55. The van der Waals surface area contributed by atoms with E-state index in [9.17, 15) is 0 Å². The molecule has 1 aliphatic carbocycles. The van der Waals surface area contributed by atoms with Gasteiger partial charge < -0.3 is 10.1 Å². The molecule has 1 rings (SSSR count). The summed E-state index contributed by atoms with van der Waals surface area (Å²) >= 11 is 0. The molecule has 2 heteroatoms. The number of hydrogen-bond donors (Lipinski definition) is 1. The second kappa shape index (κ2) is 4.83. The summed E-state index contributed by atoms with van der Waals surface area (Å²) in [7, 11) is 1.79. The van der Waals surface area contributed by atoms with Gasteiger partial charge in [-0.15, -0.1) is 0 Å². The van der Waals surface area contributed by atoms with Gasteiger partial charge in [0.1, 0.15) is 0 Å². The van der Waals surface area contributed by atoms with Crippen LogP contribution in [0.15, 0.2) is 0 Å². The molecule has 0 aromatic rings. The molecule has 0 aromatic carbocycles. The molecule has 0 aliphatic heterocycles. The highest BCUT2D eigenvalue weighted by Gasteiger charge is 2.28. The monoisotopic (exact) mass is 171 g/mol. The van der Waals surface area contributed by atoms with Crippen LogP contribution in [0.1, 0.15) is 26.7 Å². The molecule has 1 N–H and O–H groups in total. The van der Waals surface area contributed by atoms with E-state index < -0.39 is 0 Å². The fourth-order valence-corrected chi connectivity index (χ4v) is 1.68. The van der Waals surface area contributed by atoms with Gasteiger partial charge in [-0.2, -0.15) is 0 Å². The summed E-state index contributed by atoms with van der Waals surface area (Å²) in [5.41, 5.74) is 0. The number of rotatable bonds is 5. The van der Waals surface area contributed by atoms with Crippen molar-refractivity contribution in [3.05, 3.63) is 0 Å². The van der Waals surface area contributed by atoms with Crippen molar-refractivity contribution >= 4 is 0 Å². The number of ether oxygens (including phenoxy) is 1. The first kappa shape index (κ1) is 10.0. The van der Waals surface area contributed by atoms with Crippen molar-refractivity contribution in [1.82, 2.24) is 5.32 Å². The highest BCUT2D eigenvalue weighted by atomic mass is 16.5. The molecule has 12 heavy (non-hydrogen) atoms. The first-order valence-corrected chi connectivity index (χ1v) is 4.94. The van der Waals surface area contributed by atoms with Gasteiger partial charge in [0, 0.05) is 19.8 Å². The number of hydrogen-bond acceptors (Lipinski definition) is 2. The Morgan fingerprint density at radius 2 is 2.08 bits per heavy atom. The van der Waals surface area contributed by atoms with Crippen molar-refractivity contribution in [3.63, 3.8) is 0 Å². The van der Waals surface area contributed by atoms with Gasteiger partial charge in [-0.05, 0) is 31.2 Å². The Balaban J connectivity index is 1.95. The maximum atomic E-state index is 5.09. The Hall–Kier alpha value is -0.0800. The third-order valence-electron chi connectivity index (χ3n) is 2.45. The molecule has 1 fully saturated rings. The Morgan fingerprint density at radius 3 is 2.58 bits per heavy atom. The van der Waals surface area contributed by atoms with Crippen LogP contribution in [0.4, 0.5) is 0 Å². The van der Waals surface area contributed by atoms with Crippen molar-refractivity contribution in [3.8, 4) is 0 Å². The smallest absolute Gasteiger partial charge is 0.0491 e. The van der Waals surface area contributed by atoms with Crippen LogP contribution in [0.2, 0.25) is 0 Å². The number of nitrogens with one attached hydrogen (secondary N) is 1. The predicted molar refractivity (Wildman–Crippen MR) is 51.2 cm³/mol. The lowest BCUT2D eigenvalue weighted by atomic mass is 9.81. The van der Waals surface area contributed by atoms with Gasteiger partial charge in [0.15, 0.2) is 0 Å². The standard InChI is InChI=1S/C10H21NO/c1-8(2)6-11-10-4-9(5-10)7-12-3/h8-11H,4-7H2,1-3H3. The van der Waals surface area contributed by atoms with Crippen LogP contribution in [0.25, 0.3) is 0 Å². The minimum Gasteiger partial charge on any atom is -0.384 e. The topological polar surface area (TPSA) is 21.3 Å². The molecular weight excluding hydrogens is 150 g/mol. The molecule has 0 aromatic heterocycles. The zero-order chi connectivity index (χ0) is 8.97. The molecule has 0 unspecified atom stereocenters. The van der Waals surface area contributed by atoms with E-state index in [0.29, 0.717) is 0 Å². The molecule has 1 saturated carbocycles. The zero-order valence-corrected chi connectivity index (χ0v) is 8.47. The van der Waals surface area contributed by atoms with Gasteiger partial charge in [0.25, 0.3) is 0 Å².